The molecule has 2 heterocycles. The van der Waals surface area contributed by atoms with E-state index >= 15 is 0 Å². The van der Waals surface area contributed by atoms with Crippen molar-refractivity contribution >= 4 is 5.69 Å². The number of ether oxygens (including phenoxy) is 2. The van der Waals surface area contributed by atoms with E-state index in [0.717, 1.165) is 31.5 Å². The van der Waals surface area contributed by atoms with E-state index in [1.165, 1.54) is 12.1 Å². The van der Waals surface area contributed by atoms with Gasteiger partial charge in [-0.15, -0.1) is 0 Å². The maximum Gasteiger partial charge on any atom is 0.181 e. The summed E-state index contributed by atoms with van der Waals surface area (Å²) in [5.41, 5.74) is 7.32. The fraction of sp³-hybridized carbons (Fsp3) is 0.571. The molecule has 2 N–H and O–H groups in total. The lowest BCUT2D eigenvalue weighted by atomic mass is 10.0. The van der Waals surface area contributed by atoms with Gasteiger partial charge in [0.25, 0.3) is 0 Å². The van der Waals surface area contributed by atoms with Gasteiger partial charge in [0.1, 0.15) is 5.82 Å². The van der Waals surface area contributed by atoms with Crippen LogP contribution >= 0.6 is 0 Å². The lowest BCUT2D eigenvalue weighted by Crippen LogP contribution is -2.48. The number of hydrogen-bond donors (Lipinski definition) is 1. The Labute approximate surface area is 112 Å². The summed E-state index contributed by atoms with van der Waals surface area (Å²) < 4.78 is 24.5. The number of rotatable bonds is 2. The van der Waals surface area contributed by atoms with Crippen LogP contribution in [0.5, 0.6) is 0 Å². The number of likely N-dealkylation sites (tertiary alicyclic amines) is 1. The summed E-state index contributed by atoms with van der Waals surface area (Å²) in [6.07, 6.45) is 1.99. The second kappa shape index (κ2) is 5.07. The van der Waals surface area contributed by atoms with Gasteiger partial charge < -0.3 is 15.2 Å². The third-order valence-corrected chi connectivity index (χ3v) is 3.81. The molecule has 0 aliphatic carbocycles. The SMILES string of the molecule is Nc1cc(F)ccc1CN1CCCC2(C1)OCCO2. The molecule has 0 saturated carbocycles. The molecule has 0 unspecified atom stereocenters. The van der Waals surface area contributed by atoms with E-state index in [1.807, 2.05) is 0 Å². The number of hydrogen-bond acceptors (Lipinski definition) is 4. The van der Waals surface area contributed by atoms with Crippen molar-refractivity contribution in [2.24, 2.45) is 0 Å². The number of anilines is 1. The zero-order valence-electron chi connectivity index (χ0n) is 10.9. The van der Waals surface area contributed by atoms with E-state index in [1.54, 1.807) is 6.07 Å². The number of nitrogen functional groups attached to an aromatic ring is 1. The third kappa shape index (κ3) is 2.73. The number of nitrogens with zero attached hydrogens (tertiary/aromatic N) is 1. The molecular formula is C14H19FN2O2. The summed E-state index contributed by atoms with van der Waals surface area (Å²) in [4.78, 5) is 2.26. The van der Waals surface area contributed by atoms with Crippen molar-refractivity contribution in [3.8, 4) is 0 Å². The standard InChI is InChI=1S/C14H19FN2O2/c15-12-3-2-11(13(16)8-12)9-17-5-1-4-14(10-17)18-6-7-19-14/h2-3,8H,1,4-7,9-10,16H2. The maximum absolute atomic E-state index is 13.0. The summed E-state index contributed by atoms with van der Waals surface area (Å²) in [5.74, 6) is -0.716. The van der Waals surface area contributed by atoms with Gasteiger partial charge in [-0.25, -0.2) is 4.39 Å². The van der Waals surface area contributed by atoms with Crippen LogP contribution in [0.2, 0.25) is 0 Å². The molecule has 1 spiro atoms. The van der Waals surface area contributed by atoms with Crippen LogP contribution in [-0.2, 0) is 16.0 Å². The van der Waals surface area contributed by atoms with Crippen LogP contribution in [0, 0.1) is 5.82 Å². The molecule has 0 aromatic heterocycles. The van der Waals surface area contributed by atoms with E-state index in [0.29, 0.717) is 25.4 Å². The minimum absolute atomic E-state index is 0.293. The van der Waals surface area contributed by atoms with E-state index in [4.69, 9.17) is 15.2 Å². The first-order valence-electron chi connectivity index (χ1n) is 6.71. The van der Waals surface area contributed by atoms with E-state index < -0.39 is 5.79 Å². The summed E-state index contributed by atoms with van der Waals surface area (Å²) in [5, 5.41) is 0. The average molecular weight is 266 g/mol. The van der Waals surface area contributed by atoms with Crippen molar-refractivity contribution in [1.82, 2.24) is 4.90 Å². The number of benzene rings is 1. The monoisotopic (exact) mass is 266 g/mol. The molecule has 0 amide bonds. The van der Waals surface area contributed by atoms with Gasteiger partial charge >= 0.3 is 0 Å². The molecule has 19 heavy (non-hydrogen) atoms. The fourth-order valence-electron chi connectivity index (χ4n) is 2.89. The van der Waals surface area contributed by atoms with Crippen molar-refractivity contribution in [3.63, 3.8) is 0 Å². The molecule has 0 atom stereocenters. The van der Waals surface area contributed by atoms with E-state index in [9.17, 15) is 4.39 Å². The van der Waals surface area contributed by atoms with Crippen LogP contribution < -0.4 is 5.73 Å². The summed E-state index contributed by atoms with van der Waals surface area (Å²) in [6, 6.07) is 4.58. The van der Waals surface area contributed by atoms with Crippen molar-refractivity contribution in [2.75, 3.05) is 32.0 Å². The van der Waals surface area contributed by atoms with Gasteiger partial charge in [-0.05, 0) is 30.7 Å². The van der Waals surface area contributed by atoms with Gasteiger partial charge in [0.15, 0.2) is 5.79 Å². The maximum atomic E-state index is 13.0. The molecule has 0 radical (unpaired) electrons. The Bertz CT molecular complexity index is 461. The highest BCUT2D eigenvalue weighted by Gasteiger charge is 2.40. The minimum atomic E-state index is -0.424. The number of piperidine rings is 1. The fourth-order valence-corrected chi connectivity index (χ4v) is 2.89. The zero-order valence-corrected chi connectivity index (χ0v) is 10.9. The van der Waals surface area contributed by atoms with Gasteiger partial charge in [-0.1, -0.05) is 6.07 Å². The highest BCUT2D eigenvalue weighted by Crippen LogP contribution is 2.31. The molecule has 1 aromatic rings. The second-order valence-corrected chi connectivity index (χ2v) is 5.26. The van der Waals surface area contributed by atoms with Crippen molar-refractivity contribution in [1.29, 1.82) is 0 Å². The molecule has 2 aliphatic rings. The molecule has 1 aromatic carbocycles. The van der Waals surface area contributed by atoms with Crippen LogP contribution in [0.3, 0.4) is 0 Å². The van der Waals surface area contributed by atoms with Crippen LogP contribution in [0.4, 0.5) is 10.1 Å². The minimum Gasteiger partial charge on any atom is -0.398 e. The first-order chi connectivity index (χ1) is 9.17. The molecule has 2 saturated heterocycles. The second-order valence-electron chi connectivity index (χ2n) is 5.26. The molecule has 5 heteroatoms. The predicted octanol–water partition coefficient (Wildman–Crippen LogP) is 1.75. The summed E-state index contributed by atoms with van der Waals surface area (Å²) in [7, 11) is 0. The van der Waals surface area contributed by atoms with Crippen LogP contribution in [-0.4, -0.2) is 37.0 Å². The normalized spacial score (nSPS) is 23.0. The molecule has 0 bridgehead atoms. The average Bonchev–Trinajstić information content (AvgIpc) is 2.81. The summed E-state index contributed by atoms with van der Waals surface area (Å²) >= 11 is 0. The summed E-state index contributed by atoms with van der Waals surface area (Å²) in [6.45, 7) is 3.80. The molecule has 4 nitrogen and oxygen atoms in total. The Balaban J connectivity index is 1.69. The smallest absolute Gasteiger partial charge is 0.181 e. The number of halogens is 1. The quantitative estimate of drug-likeness (QED) is 0.828. The van der Waals surface area contributed by atoms with Crippen molar-refractivity contribution in [2.45, 2.75) is 25.2 Å². The Hall–Kier alpha value is -1.17. The zero-order chi connectivity index (χ0) is 13.3. The highest BCUT2D eigenvalue weighted by molar-refractivity contribution is 5.46. The van der Waals surface area contributed by atoms with Gasteiger partial charge in [0, 0.05) is 18.7 Å². The largest absolute Gasteiger partial charge is 0.398 e. The van der Waals surface area contributed by atoms with Gasteiger partial charge in [0.2, 0.25) is 0 Å². The first-order valence-corrected chi connectivity index (χ1v) is 6.71. The number of nitrogens with two attached hydrogens (primary N) is 1. The lowest BCUT2D eigenvalue weighted by molar-refractivity contribution is -0.190. The molecule has 2 aliphatic heterocycles. The topological polar surface area (TPSA) is 47.7 Å². The highest BCUT2D eigenvalue weighted by atomic mass is 19.1. The lowest BCUT2D eigenvalue weighted by Gasteiger charge is -2.38. The van der Waals surface area contributed by atoms with Crippen LogP contribution in [0.1, 0.15) is 18.4 Å². The van der Waals surface area contributed by atoms with Gasteiger partial charge in [0.05, 0.1) is 19.8 Å². The Morgan fingerprint density at radius 3 is 2.84 bits per heavy atom. The van der Waals surface area contributed by atoms with Crippen molar-refractivity contribution < 1.29 is 13.9 Å². The Morgan fingerprint density at radius 2 is 2.11 bits per heavy atom. The molecule has 2 fully saturated rings. The molecule has 104 valence electrons. The van der Waals surface area contributed by atoms with Gasteiger partial charge in [-0.3, -0.25) is 4.90 Å². The van der Waals surface area contributed by atoms with Crippen molar-refractivity contribution in [3.05, 3.63) is 29.6 Å². The van der Waals surface area contributed by atoms with Gasteiger partial charge in [-0.2, -0.15) is 0 Å². The van der Waals surface area contributed by atoms with Crippen LogP contribution in [0.25, 0.3) is 0 Å². The molecular weight excluding hydrogens is 247 g/mol. The Kier molecular flexibility index (Phi) is 3.43. The third-order valence-electron chi connectivity index (χ3n) is 3.81. The first kappa shape index (κ1) is 12.8. The Morgan fingerprint density at radius 1 is 1.32 bits per heavy atom. The molecule has 3 rings (SSSR count). The van der Waals surface area contributed by atoms with E-state index in [2.05, 4.69) is 4.90 Å². The predicted molar refractivity (Wildman–Crippen MR) is 70.0 cm³/mol. The van der Waals surface area contributed by atoms with E-state index in [-0.39, 0.29) is 5.82 Å². The van der Waals surface area contributed by atoms with Crippen LogP contribution in [0.15, 0.2) is 18.2 Å².